The molecule has 0 spiro atoms. The Kier molecular flexibility index (Phi) is 4.03. The van der Waals surface area contributed by atoms with Crippen molar-refractivity contribution in [2.75, 3.05) is 26.3 Å². The summed E-state index contributed by atoms with van der Waals surface area (Å²) in [7, 11) is 0. The quantitative estimate of drug-likeness (QED) is 0.848. The average molecular weight is 287 g/mol. The summed E-state index contributed by atoms with van der Waals surface area (Å²) in [5.74, 6) is 0.354. The van der Waals surface area contributed by atoms with Gasteiger partial charge in [0.2, 0.25) is 0 Å². The van der Waals surface area contributed by atoms with E-state index >= 15 is 0 Å². The van der Waals surface area contributed by atoms with Crippen molar-refractivity contribution in [3.63, 3.8) is 0 Å². The van der Waals surface area contributed by atoms with Gasteiger partial charge in [-0.05, 0) is 43.9 Å². The Hall–Kier alpha value is -1.72. The number of fused-ring (bicyclic) bond motifs is 1. The first-order valence-electron chi connectivity index (χ1n) is 7.58. The summed E-state index contributed by atoms with van der Waals surface area (Å²) in [5.41, 5.74) is 6.66. The molecule has 0 aliphatic carbocycles. The molecule has 2 amide bonds. The predicted octanol–water partition coefficient (Wildman–Crippen LogP) is 1.30. The molecule has 0 unspecified atom stereocenters. The number of likely N-dealkylation sites (tertiary alicyclic amines) is 1. The van der Waals surface area contributed by atoms with Crippen LogP contribution in [0.3, 0.4) is 0 Å². The number of nitrogens with zero attached hydrogens (tertiary/aromatic N) is 2. The molecule has 3 rings (SSSR count). The highest BCUT2D eigenvalue weighted by atomic mass is 16.2. The molecule has 2 N–H and O–H groups in total. The summed E-state index contributed by atoms with van der Waals surface area (Å²) >= 11 is 0. The van der Waals surface area contributed by atoms with E-state index in [0.29, 0.717) is 23.7 Å². The number of piperidine rings is 1. The van der Waals surface area contributed by atoms with Crippen LogP contribution in [0.2, 0.25) is 0 Å². The first-order valence-corrected chi connectivity index (χ1v) is 7.58. The maximum absolute atomic E-state index is 12.3. The van der Waals surface area contributed by atoms with Gasteiger partial charge in [-0.15, -0.1) is 0 Å². The van der Waals surface area contributed by atoms with E-state index in [1.54, 1.807) is 24.3 Å². The van der Waals surface area contributed by atoms with Gasteiger partial charge in [0.05, 0.1) is 17.8 Å². The van der Waals surface area contributed by atoms with Crippen LogP contribution in [0.5, 0.6) is 0 Å². The third kappa shape index (κ3) is 2.71. The number of hydrogen-bond acceptors (Lipinski definition) is 4. The van der Waals surface area contributed by atoms with Gasteiger partial charge in [-0.3, -0.25) is 19.4 Å². The molecule has 21 heavy (non-hydrogen) atoms. The third-order valence-electron chi connectivity index (χ3n) is 4.50. The Morgan fingerprint density at radius 3 is 2.14 bits per heavy atom. The fraction of sp³-hybridized carbons (Fsp3) is 0.500. The minimum atomic E-state index is -0.167. The molecule has 5 heteroatoms. The molecule has 2 aliphatic heterocycles. The lowest BCUT2D eigenvalue weighted by atomic mass is 9.94. The molecule has 5 nitrogen and oxygen atoms in total. The van der Waals surface area contributed by atoms with E-state index in [-0.39, 0.29) is 11.8 Å². The second-order valence-electron chi connectivity index (χ2n) is 5.86. The van der Waals surface area contributed by atoms with E-state index in [9.17, 15) is 9.59 Å². The standard InChI is InChI=1S/C16H21N3O2/c17-8-5-12-6-9-18(10-7-12)11-19-15(20)13-3-1-2-4-14(13)16(19)21/h1-4,12H,5-11,17H2. The van der Waals surface area contributed by atoms with E-state index in [1.807, 2.05) is 0 Å². The van der Waals surface area contributed by atoms with Crippen LogP contribution in [-0.2, 0) is 0 Å². The predicted molar refractivity (Wildman–Crippen MR) is 79.8 cm³/mol. The second kappa shape index (κ2) is 5.95. The fourth-order valence-corrected chi connectivity index (χ4v) is 3.22. The molecule has 1 aromatic rings. The number of rotatable bonds is 4. The lowest BCUT2D eigenvalue weighted by Gasteiger charge is -2.33. The number of hydrogen-bond donors (Lipinski definition) is 1. The van der Waals surface area contributed by atoms with Crippen LogP contribution in [0.15, 0.2) is 24.3 Å². The minimum absolute atomic E-state index is 0.167. The zero-order valence-electron chi connectivity index (χ0n) is 12.1. The Morgan fingerprint density at radius 2 is 1.62 bits per heavy atom. The van der Waals surface area contributed by atoms with E-state index in [4.69, 9.17) is 5.73 Å². The van der Waals surface area contributed by atoms with Gasteiger partial charge < -0.3 is 5.73 Å². The van der Waals surface area contributed by atoms with Crippen molar-refractivity contribution in [1.29, 1.82) is 0 Å². The van der Waals surface area contributed by atoms with Crippen molar-refractivity contribution < 1.29 is 9.59 Å². The van der Waals surface area contributed by atoms with E-state index in [0.717, 1.165) is 38.9 Å². The van der Waals surface area contributed by atoms with Gasteiger partial charge in [0.1, 0.15) is 0 Å². The van der Waals surface area contributed by atoms with Crippen LogP contribution in [0.4, 0.5) is 0 Å². The SMILES string of the molecule is NCCC1CCN(CN2C(=O)c3ccccc3C2=O)CC1. The Morgan fingerprint density at radius 1 is 1.05 bits per heavy atom. The van der Waals surface area contributed by atoms with Crippen LogP contribution in [0, 0.1) is 5.92 Å². The Bertz CT molecular complexity index is 515. The number of benzene rings is 1. The van der Waals surface area contributed by atoms with Gasteiger partial charge in [-0.25, -0.2) is 0 Å². The first kappa shape index (κ1) is 14.2. The largest absolute Gasteiger partial charge is 0.330 e. The topological polar surface area (TPSA) is 66.6 Å². The van der Waals surface area contributed by atoms with Crippen LogP contribution in [-0.4, -0.2) is 47.9 Å². The molecule has 2 heterocycles. The van der Waals surface area contributed by atoms with Crippen LogP contribution < -0.4 is 5.73 Å². The number of nitrogens with two attached hydrogens (primary N) is 1. The zero-order valence-corrected chi connectivity index (χ0v) is 12.1. The number of amides is 2. The summed E-state index contributed by atoms with van der Waals surface area (Å²) in [6.07, 6.45) is 3.27. The lowest BCUT2D eigenvalue weighted by Crippen LogP contribution is -2.44. The smallest absolute Gasteiger partial charge is 0.262 e. The van der Waals surface area contributed by atoms with Gasteiger partial charge in [-0.2, -0.15) is 0 Å². The molecule has 0 atom stereocenters. The summed E-state index contributed by atoms with van der Waals surface area (Å²) in [6.45, 7) is 3.00. The van der Waals surface area contributed by atoms with E-state index < -0.39 is 0 Å². The van der Waals surface area contributed by atoms with Crippen molar-refractivity contribution in [2.45, 2.75) is 19.3 Å². The molecular weight excluding hydrogens is 266 g/mol. The first-order chi connectivity index (χ1) is 10.2. The molecule has 1 saturated heterocycles. The van der Waals surface area contributed by atoms with Crippen molar-refractivity contribution in [2.24, 2.45) is 11.7 Å². The second-order valence-corrected chi connectivity index (χ2v) is 5.86. The number of carbonyl (C=O) groups is 2. The molecule has 1 fully saturated rings. The maximum atomic E-state index is 12.3. The van der Waals surface area contributed by atoms with Crippen LogP contribution >= 0.6 is 0 Å². The summed E-state index contributed by atoms with van der Waals surface area (Å²) in [4.78, 5) is 28.2. The van der Waals surface area contributed by atoms with E-state index in [2.05, 4.69) is 4.90 Å². The highest BCUT2D eigenvalue weighted by Crippen LogP contribution is 2.25. The highest BCUT2D eigenvalue weighted by Gasteiger charge is 2.36. The van der Waals surface area contributed by atoms with Gasteiger partial charge in [0.25, 0.3) is 11.8 Å². The van der Waals surface area contributed by atoms with Crippen molar-refractivity contribution in [1.82, 2.24) is 9.80 Å². The maximum Gasteiger partial charge on any atom is 0.262 e. The Balaban J connectivity index is 1.63. The summed E-state index contributed by atoms with van der Waals surface area (Å²) in [5, 5.41) is 0. The molecule has 1 aromatic carbocycles. The molecule has 0 saturated carbocycles. The van der Waals surface area contributed by atoms with Gasteiger partial charge in [0.15, 0.2) is 0 Å². The number of carbonyl (C=O) groups excluding carboxylic acids is 2. The van der Waals surface area contributed by atoms with Crippen molar-refractivity contribution in [3.05, 3.63) is 35.4 Å². The molecule has 0 aromatic heterocycles. The monoisotopic (exact) mass is 287 g/mol. The van der Waals surface area contributed by atoms with Crippen molar-refractivity contribution >= 4 is 11.8 Å². The summed E-state index contributed by atoms with van der Waals surface area (Å²) < 4.78 is 0. The van der Waals surface area contributed by atoms with E-state index in [1.165, 1.54) is 4.90 Å². The van der Waals surface area contributed by atoms with Gasteiger partial charge >= 0.3 is 0 Å². The molecule has 2 aliphatic rings. The van der Waals surface area contributed by atoms with Crippen LogP contribution in [0.25, 0.3) is 0 Å². The molecule has 112 valence electrons. The van der Waals surface area contributed by atoms with Gasteiger partial charge in [-0.1, -0.05) is 12.1 Å². The molecular formula is C16H21N3O2. The highest BCUT2D eigenvalue weighted by molar-refractivity contribution is 6.21. The Labute approximate surface area is 124 Å². The molecule has 0 bridgehead atoms. The number of imide groups is 1. The van der Waals surface area contributed by atoms with Gasteiger partial charge in [0, 0.05) is 13.1 Å². The normalized spacial score (nSPS) is 20.1. The average Bonchev–Trinajstić information content (AvgIpc) is 2.75. The zero-order chi connectivity index (χ0) is 14.8. The van der Waals surface area contributed by atoms with Crippen molar-refractivity contribution in [3.8, 4) is 0 Å². The fourth-order valence-electron chi connectivity index (χ4n) is 3.22. The minimum Gasteiger partial charge on any atom is -0.330 e. The summed E-state index contributed by atoms with van der Waals surface area (Å²) in [6, 6.07) is 7.05. The lowest BCUT2D eigenvalue weighted by molar-refractivity contribution is 0.0493. The third-order valence-corrected chi connectivity index (χ3v) is 4.50. The van der Waals surface area contributed by atoms with Crippen LogP contribution in [0.1, 0.15) is 40.0 Å². The molecule has 0 radical (unpaired) electrons.